The molecule has 116 valence electrons. The molecule has 0 aliphatic rings. The number of carboxylic acid groups (broad SMARTS) is 1. The number of imide groups is 1. The van der Waals surface area contributed by atoms with Gasteiger partial charge in [-0.15, -0.1) is 0 Å². The Bertz CT molecular complexity index is 355. The van der Waals surface area contributed by atoms with Crippen LogP contribution in [0.3, 0.4) is 0 Å². The Kier molecular flexibility index (Phi) is 10.0. The smallest absolute Gasteiger partial charge is 0.550 e. The van der Waals surface area contributed by atoms with Gasteiger partial charge in [0.2, 0.25) is 0 Å². The number of nitrogens with zero attached hydrogens (tertiary/aromatic N) is 1. The molecule has 0 aromatic heterocycles. The maximum atomic E-state index is 11.9. The molecule has 0 saturated carbocycles. The molecular weight excluding hydrogens is 305 g/mol. The standard InChI is InChI=1S/C13H23NO6.K/c1-12(2,3)19-10(17)14(8-7-9(15)16)11(18)20-13(4,5)6;/h7-8H2,1-6H3,(H,15,16);/q;+1/p-1. The Morgan fingerprint density at radius 1 is 0.905 bits per heavy atom. The van der Waals surface area contributed by atoms with Gasteiger partial charge in [0, 0.05) is 18.9 Å². The van der Waals surface area contributed by atoms with Gasteiger partial charge in [0.1, 0.15) is 11.2 Å². The van der Waals surface area contributed by atoms with Crippen molar-refractivity contribution in [3.05, 3.63) is 0 Å². The summed E-state index contributed by atoms with van der Waals surface area (Å²) in [5.74, 6) is -1.37. The van der Waals surface area contributed by atoms with Crippen LogP contribution in [0.15, 0.2) is 0 Å². The number of carboxylic acids is 1. The van der Waals surface area contributed by atoms with E-state index in [0.29, 0.717) is 4.90 Å². The molecule has 0 aliphatic carbocycles. The van der Waals surface area contributed by atoms with Crippen LogP contribution in [0, 0.1) is 0 Å². The van der Waals surface area contributed by atoms with Crippen LogP contribution >= 0.6 is 0 Å². The van der Waals surface area contributed by atoms with E-state index in [2.05, 4.69) is 0 Å². The maximum Gasteiger partial charge on any atom is 1.00 e. The van der Waals surface area contributed by atoms with Crippen molar-refractivity contribution >= 4 is 18.2 Å². The van der Waals surface area contributed by atoms with Crippen molar-refractivity contribution < 1.29 is 80.3 Å². The predicted octanol–water partition coefficient (Wildman–Crippen LogP) is -1.70. The Balaban J connectivity index is 0. The molecular formula is C13H22KNO6. The fourth-order valence-electron chi connectivity index (χ4n) is 1.09. The number of ether oxygens (including phenoxy) is 2. The SMILES string of the molecule is CC(C)(C)OC(=O)N(CCC(=O)[O-])C(=O)OC(C)(C)C.[K+]. The van der Waals surface area contributed by atoms with Gasteiger partial charge in [-0.1, -0.05) is 0 Å². The van der Waals surface area contributed by atoms with Crippen LogP contribution in [0.1, 0.15) is 48.0 Å². The molecule has 0 N–H and O–H groups in total. The Morgan fingerprint density at radius 3 is 1.48 bits per heavy atom. The monoisotopic (exact) mass is 327 g/mol. The third-order valence-corrected chi connectivity index (χ3v) is 1.77. The second-order valence-electron chi connectivity index (χ2n) is 6.23. The number of hydrogen-bond donors (Lipinski definition) is 0. The van der Waals surface area contributed by atoms with Crippen LogP contribution in [0.5, 0.6) is 0 Å². The third kappa shape index (κ3) is 12.1. The van der Waals surface area contributed by atoms with E-state index in [4.69, 9.17) is 9.47 Å². The number of carbonyl (C=O) groups excluding carboxylic acids is 3. The van der Waals surface area contributed by atoms with E-state index < -0.39 is 35.8 Å². The quantitative estimate of drug-likeness (QED) is 0.574. The van der Waals surface area contributed by atoms with E-state index in [1.165, 1.54) is 0 Å². The summed E-state index contributed by atoms with van der Waals surface area (Å²) in [6, 6.07) is 0. The van der Waals surface area contributed by atoms with E-state index in [9.17, 15) is 19.5 Å². The van der Waals surface area contributed by atoms with Crippen LogP contribution in [0.4, 0.5) is 9.59 Å². The first-order valence-electron chi connectivity index (χ1n) is 6.25. The van der Waals surface area contributed by atoms with E-state index in [-0.39, 0.29) is 57.9 Å². The summed E-state index contributed by atoms with van der Waals surface area (Å²) in [6.45, 7) is 9.45. The molecule has 0 heterocycles. The van der Waals surface area contributed by atoms with Crippen molar-refractivity contribution in [3.8, 4) is 0 Å². The summed E-state index contributed by atoms with van der Waals surface area (Å²) in [6.07, 6.45) is -2.39. The zero-order valence-electron chi connectivity index (χ0n) is 13.8. The summed E-state index contributed by atoms with van der Waals surface area (Å²) >= 11 is 0. The maximum absolute atomic E-state index is 11.9. The van der Waals surface area contributed by atoms with Gasteiger partial charge in [0.05, 0.1) is 0 Å². The molecule has 0 aliphatic heterocycles. The predicted molar refractivity (Wildman–Crippen MR) is 68.8 cm³/mol. The fraction of sp³-hybridized carbons (Fsp3) is 0.769. The summed E-state index contributed by atoms with van der Waals surface area (Å²) in [5, 5.41) is 10.5. The van der Waals surface area contributed by atoms with E-state index in [1.54, 1.807) is 41.5 Å². The molecule has 2 amide bonds. The molecule has 0 radical (unpaired) electrons. The molecule has 0 unspecified atom stereocenters. The first-order chi connectivity index (χ1) is 8.82. The van der Waals surface area contributed by atoms with Crippen LogP contribution in [-0.2, 0) is 14.3 Å². The Labute approximate surface area is 167 Å². The van der Waals surface area contributed by atoms with Gasteiger partial charge in [-0.25, -0.2) is 14.5 Å². The first-order valence-corrected chi connectivity index (χ1v) is 6.25. The van der Waals surface area contributed by atoms with Crippen molar-refractivity contribution in [1.29, 1.82) is 0 Å². The second-order valence-corrected chi connectivity index (χ2v) is 6.23. The molecule has 0 aromatic rings. The van der Waals surface area contributed by atoms with Gasteiger partial charge in [-0.2, -0.15) is 0 Å². The number of carbonyl (C=O) groups is 3. The van der Waals surface area contributed by atoms with E-state index in [0.717, 1.165) is 0 Å². The van der Waals surface area contributed by atoms with Crippen LogP contribution in [0.25, 0.3) is 0 Å². The zero-order valence-corrected chi connectivity index (χ0v) is 16.9. The molecule has 0 atom stereocenters. The molecule has 0 spiro atoms. The Morgan fingerprint density at radius 2 is 1.24 bits per heavy atom. The van der Waals surface area contributed by atoms with Gasteiger partial charge in [-0.3, -0.25) is 0 Å². The van der Waals surface area contributed by atoms with Gasteiger partial charge in [0.25, 0.3) is 0 Å². The first kappa shape index (κ1) is 23.1. The minimum Gasteiger partial charge on any atom is -0.550 e. The summed E-state index contributed by atoms with van der Waals surface area (Å²) in [5.41, 5.74) is -1.61. The van der Waals surface area contributed by atoms with E-state index >= 15 is 0 Å². The molecule has 0 rings (SSSR count). The normalized spacial score (nSPS) is 11.1. The molecule has 0 fully saturated rings. The molecule has 7 nitrogen and oxygen atoms in total. The molecule has 0 aromatic carbocycles. The third-order valence-electron chi connectivity index (χ3n) is 1.77. The van der Waals surface area contributed by atoms with Gasteiger partial charge < -0.3 is 19.4 Å². The van der Waals surface area contributed by atoms with Crippen molar-refractivity contribution in [2.75, 3.05) is 6.54 Å². The van der Waals surface area contributed by atoms with Crippen LogP contribution < -0.4 is 56.5 Å². The summed E-state index contributed by atoms with van der Waals surface area (Å²) in [4.78, 5) is 34.9. The van der Waals surface area contributed by atoms with Crippen LogP contribution in [-0.4, -0.2) is 40.8 Å². The Hall–Kier alpha value is -0.154. The summed E-state index contributed by atoms with van der Waals surface area (Å²) < 4.78 is 10.1. The molecule has 0 saturated heterocycles. The number of hydrogen-bond acceptors (Lipinski definition) is 6. The zero-order chi connectivity index (χ0) is 16.1. The molecule has 0 bridgehead atoms. The van der Waals surface area contributed by atoms with Crippen molar-refractivity contribution in [1.82, 2.24) is 4.90 Å². The van der Waals surface area contributed by atoms with Crippen molar-refractivity contribution in [2.24, 2.45) is 0 Å². The van der Waals surface area contributed by atoms with Crippen molar-refractivity contribution in [2.45, 2.75) is 59.2 Å². The fourth-order valence-corrected chi connectivity index (χ4v) is 1.09. The van der Waals surface area contributed by atoms with E-state index in [1.807, 2.05) is 0 Å². The minimum absolute atomic E-state index is 0. The minimum atomic E-state index is -1.37. The molecule has 8 heteroatoms. The largest absolute Gasteiger partial charge is 1.00 e. The average Bonchev–Trinajstić information content (AvgIpc) is 2.10. The van der Waals surface area contributed by atoms with Gasteiger partial charge in [-0.05, 0) is 41.5 Å². The average molecular weight is 327 g/mol. The topological polar surface area (TPSA) is 96.0 Å². The number of rotatable bonds is 3. The van der Waals surface area contributed by atoms with Crippen molar-refractivity contribution in [3.63, 3.8) is 0 Å². The molecule has 21 heavy (non-hydrogen) atoms. The second kappa shape index (κ2) is 9.09. The number of aliphatic carboxylic acids is 1. The number of amides is 2. The van der Waals surface area contributed by atoms with Gasteiger partial charge in [0.15, 0.2) is 0 Å². The van der Waals surface area contributed by atoms with Crippen LogP contribution in [0.2, 0.25) is 0 Å². The summed E-state index contributed by atoms with van der Waals surface area (Å²) in [7, 11) is 0. The van der Waals surface area contributed by atoms with Gasteiger partial charge >= 0.3 is 63.6 Å².